The van der Waals surface area contributed by atoms with Crippen LogP contribution in [0.15, 0.2) is 71.9 Å². The molecule has 1 saturated heterocycles. The molecule has 0 saturated carbocycles. The summed E-state index contributed by atoms with van der Waals surface area (Å²) in [4.78, 5) is 30.4. The minimum Gasteiger partial charge on any atom is -0.453 e. The maximum atomic E-state index is 15.3. The van der Waals surface area contributed by atoms with Gasteiger partial charge in [-0.15, -0.1) is 0 Å². The highest BCUT2D eigenvalue weighted by Gasteiger charge is 2.38. The van der Waals surface area contributed by atoms with E-state index in [-0.39, 0.29) is 40.9 Å². The van der Waals surface area contributed by atoms with Crippen molar-refractivity contribution in [1.82, 2.24) is 19.9 Å². The smallest absolute Gasteiger partial charge is 0.407 e. The van der Waals surface area contributed by atoms with Gasteiger partial charge in [-0.1, -0.05) is 55.8 Å². The van der Waals surface area contributed by atoms with E-state index in [9.17, 15) is 18.0 Å². The molecule has 1 aliphatic rings. The Balaban J connectivity index is 1.60. The second kappa shape index (κ2) is 15.1. The number of piperazine rings is 1. The number of methoxy groups -OCH3 is 1. The Hall–Kier alpha value is -3.58. The predicted molar refractivity (Wildman–Crippen MR) is 171 cm³/mol. The Morgan fingerprint density at radius 1 is 1.11 bits per heavy atom. The highest BCUT2D eigenvalue weighted by Crippen LogP contribution is 2.31. The van der Waals surface area contributed by atoms with Gasteiger partial charge in [0.15, 0.2) is 0 Å². The highest BCUT2D eigenvalue weighted by atomic mass is 35.5. The SMILES string of the molecule is COC(=O)NC(C(=O)Nc1cncc(F)c1CCC1CNCC(C)N1S(=O)(=O)c1ccccc1)C(c1ccc(Cl)cc1)C(C)C. The molecule has 45 heavy (non-hydrogen) atoms. The van der Waals surface area contributed by atoms with E-state index in [0.29, 0.717) is 18.1 Å². The summed E-state index contributed by atoms with van der Waals surface area (Å²) in [6.45, 7) is 6.53. The van der Waals surface area contributed by atoms with Crippen LogP contribution in [-0.4, -0.2) is 68.0 Å². The van der Waals surface area contributed by atoms with Gasteiger partial charge in [0.2, 0.25) is 15.9 Å². The second-order valence-electron chi connectivity index (χ2n) is 11.4. The van der Waals surface area contributed by atoms with E-state index < -0.39 is 45.8 Å². The van der Waals surface area contributed by atoms with E-state index in [4.69, 9.17) is 16.3 Å². The standard InChI is InChI=1S/C32H39ClFN5O5S/c1-20(2)29(22-10-12-23(33)13-11-22)30(38-32(41)44-4)31(40)37-28-19-36-18-27(34)26(28)15-14-24-17-35-16-21(3)39(24)45(42,43)25-8-6-5-7-9-25/h5-13,18-21,24,29-30,35H,14-17H2,1-4H3,(H,37,40)(H,38,41). The fraction of sp³-hybridized carbons (Fsp3) is 0.406. The number of benzene rings is 2. The molecule has 242 valence electrons. The van der Waals surface area contributed by atoms with E-state index >= 15 is 4.39 Å². The van der Waals surface area contributed by atoms with E-state index in [1.165, 1.54) is 17.6 Å². The molecule has 13 heteroatoms. The topological polar surface area (TPSA) is 130 Å². The first-order chi connectivity index (χ1) is 21.4. The lowest BCUT2D eigenvalue weighted by Crippen LogP contribution is -2.58. The van der Waals surface area contributed by atoms with Crippen LogP contribution in [0.2, 0.25) is 5.02 Å². The zero-order chi connectivity index (χ0) is 32.7. The largest absolute Gasteiger partial charge is 0.453 e. The second-order valence-corrected chi connectivity index (χ2v) is 13.7. The predicted octanol–water partition coefficient (Wildman–Crippen LogP) is 4.96. The van der Waals surface area contributed by atoms with Gasteiger partial charge in [-0.2, -0.15) is 4.31 Å². The number of aromatic nitrogens is 1. The summed E-state index contributed by atoms with van der Waals surface area (Å²) in [5.41, 5.74) is 1.07. The minimum absolute atomic E-state index is 0.109. The van der Waals surface area contributed by atoms with Crippen molar-refractivity contribution in [1.29, 1.82) is 0 Å². The average molecular weight is 660 g/mol. The van der Waals surface area contributed by atoms with Crippen LogP contribution in [0.1, 0.15) is 44.2 Å². The number of carbonyl (C=O) groups is 2. The number of hydrogen-bond acceptors (Lipinski definition) is 7. The van der Waals surface area contributed by atoms with Gasteiger partial charge in [0.25, 0.3) is 0 Å². The fourth-order valence-corrected chi connectivity index (χ4v) is 7.86. The van der Waals surface area contributed by atoms with Crippen LogP contribution in [0.25, 0.3) is 0 Å². The van der Waals surface area contributed by atoms with Gasteiger partial charge in [0, 0.05) is 41.7 Å². The molecule has 10 nitrogen and oxygen atoms in total. The number of ether oxygens (including phenoxy) is 1. The summed E-state index contributed by atoms with van der Waals surface area (Å²) in [6, 6.07) is 13.3. The van der Waals surface area contributed by atoms with Crippen molar-refractivity contribution in [2.24, 2.45) is 5.92 Å². The maximum absolute atomic E-state index is 15.3. The maximum Gasteiger partial charge on any atom is 0.407 e. The van der Waals surface area contributed by atoms with Crippen molar-refractivity contribution >= 4 is 39.3 Å². The zero-order valence-corrected chi connectivity index (χ0v) is 27.2. The molecule has 2 amide bonds. The van der Waals surface area contributed by atoms with Crippen LogP contribution in [0, 0.1) is 11.7 Å². The molecule has 1 aliphatic heterocycles. The first kappa shape index (κ1) is 34.3. The molecule has 1 aromatic heterocycles. The van der Waals surface area contributed by atoms with Crippen LogP contribution >= 0.6 is 11.6 Å². The summed E-state index contributed by atoms with van der Waals surface area (Å²) in [5, 5.41) is 9.21. The Kier molecular flexibility index (Phi) is 11.5. The summed E-state index contributed by atoms with van der Waals surface area (Å²) in [7, 11) is -2.62. The van der Waals surface area contributed by atoms with Crippen molar-refractivity contribution in [2.75, 3.05) is 25.5 Å². The van der Waals surface area contributed by atoms with E-state index in [1.54, 1.807) is 54.6 Å². The number of nitrogens with zero attached hydrogens (tertiary/aromatic N) is 2. The van der Waals surface area contributed by atoms with Gasteiger partial charge in [-0.3, -0.25) is 9.78 Å². The Morgan fingerprint density at radius 2 is 1.80 bits per heavy atom. The molecule has 3 N–H and O–H groups in total. The molecule has 4 unspecified atom stereocenters. The third kappa shape index (κ3) is 8.18. The molecule has 3 aromatic rings. The molecule has 0 bridgehead atoms. The minimum atomic E-state index is -3.82. The van der Waals surface area contributed by atoms with Crippen LogP contribution in [0.5, 0.6) is 0 Å². The van der Waals surface area contributed by atoms with Crippen molar-refractivity contribution < 1.29 is 27.1 Å². The number of hydrogen-bond donors (Lipinski definition) is 3. The van der Waals surface area contributed by atoms with Crippen LogP contribution in [0.4, 0.5) is 14.9 Å². The van der Waals surface area contributed by atoms with Gasteiger partial charge in [0.1, 0.15) is 11.9 Å². The van der Waals surface area contributed by atoms with Crippen molar-refractivity contribution in [3.63, 3.8) is 0 Å². The van der Waals surface area contributed by atoms with E-state index in [1.807, 2.05) is 20.8 Å². The third-order valence-electron chi connectivity index (χ3n) is 8.00. The number of sulfonamides is 1. The lowest BCUT2D eigenvalue weighted by Gasteiger charge is -2.40. The van der Waals surface area contributed by atoms with E-state index in [0.717, 1.165) is 11.8 Å². The average Bonchev–Trinajstić information content (AvgIpc) is 3.01. The third-order valence-corrected chi connectivity index (χ3v) is 10.3. The number of rotatable bonds is 11. The Bertz CT molecular complexity index is 1580. The first-order valence-corrected chi connectivity index (χ1v) is 16.6. The molecule has 0 aliphatic carbocycles. The van der Waals surface area contributed by atoms with Gasteiger partial charge in [0.05, 0.1) is 30.1 Å². The summed E-state index contributed by atoms with van der Waals surface area (Å²) < 4.78 is 48.9. The van der Waals surface area contributed by atoms with Crippen LogP contribution in [0.3, 0.4) is 0 Å². The normalized spacial score (nSPS) is 18.6. The Morgan fingerprint density at radius 3 is 2.44 bits per heavy atom. The molecule has 0 spiro atoms. The number of pyridine rings is 1. The van der Waals surface area contributed by atoms with Crippen molar-refractivity contribution in [3.8, 4) is 0 Å². The number of halogens is 2. The van der Waals surface area contributed by atoms with Gasteiger partial charge in [-0.25, -0.2) is 17.6 Å². The van der Waals surface area contributed by atoms with Gasteiger partial charge < -0.3 is 20.7 Å². The van der Waals surface area contributed by atoms with Gasteiger partial charge >= 0.3 is 6.09 Å². The fourth-order valence-electron chi connectivity index (χ4n) is 5.87. The van der Waals surface area contributed by atoms with Crippen molar-refractivity contribution in [2.45, 2.75) is 62.6 Å². The number of carbonyl (C=O) groups excluding carboxylic acids is 2. The summed E-state index contributed by atoms with van der Waals surface area (Å²) >= 11 is 6.09. The summed E-state index contributed by atoms with van der Waals surface area (Å²) in [5.74, 6) is -1.83. The quantitative estimate of drug-likeness (QED) is 0.265. The van der Waals surface area contributed by atoms with E-state index in [2.05, 4.69) is 20.9 Å². The molecule has 1 fully saturated rings. The molecule has 4 rings (SSSR count). The molecule has 0 radical (unpaired) electrons. The van der Waals surface area contributed by atoms with Crippen LogP contribution < -0.4 is 16.0 Å². The lowest BCUT2D eigenvalue weighted by atomic mass is 9.82. The lowest BCUT2D eigenvalue weighted by molar-refractivity contribution is -0.118. The number of amides is 2. The first-order valence-electron chi connectivity index (χ1n) is 14.8. The Labute approximate surface area is 268 Å². The molecule has 2 heterocycles. The molecule has 2 aromatic carbocycles. The number of nitrogens with one attached hydrogen (secondary N) is 3. The molecular formula is C32H39ClFN5O5S. The molecular weight excluding hydrogens is 621 g/mol. The number of alkyl carbamates (subject to hydrolysis) is 1. The van der Waals surface area contributed by atoms with Crippen molar-refractivity contribution in [3.05, 3.63) is 89.0 Å². The summed E-state index contributed by atoms with van der Waals surface area (Å²) in [6.07, 6.45) is 1.99. The number of anilines is 1. The van der Waals surface area contributed by atoms with Gasteiger partial charge in [-0.05, 0) is 55.5 Å². The molecule has 4 atom stereocenters. The van der Waals surface area contributed by atoms with Crippen LogP contribution in [-0.2, 0) is 26.0 Å². The zero-order valence-electron chi connectivity index (χ0n) is 25.7. The highest BCUT2D eigenvalue weighted by molar-refractivity contribution is 7.89. The monoisotopic (exact) mass is 659 g/mol.